The molecule has 0 aromatic carbocycles. The highest BCUT2D eigenvalue weighted by Gasteiger charge is 2.20. The van der Waals surface area contributed by atoms with Gasteiger partial charge in [0.2, 0.25) is 0 Å². The molecule has 0 aliphatic carbocycles. The Balaban J connectivity index is 2.05. The number of aryl methyl sites for hydroxylation is 2. The highest BCUT2D eigenvalue weighted by Crippen LogP contribution is 2.26. The molecule has 0 unspecified atom stereocenters. The van der Waals surface area contributed by atoms with Crippen LogP contribution in [0.5, 0.6) is 0 Å². The number of rotatable bonds is 4. The van der Waals surface area contributed by atoms with E-state index in [-0.39, 0.29) is 6.04 Å². The average Bonchev–Trinajstić information content (AvgIpc) is 2.86. The molecule has 0 saturated heterocycles. The molecule has 0 aliphatic heterocycles. The Morgan fingerprint density at radius 3 is 2.73 bits per heavy atom. The first-order valence-corrected chi connectivity index (χ1v) is 7.31. The van der Waals surface area contributed by atoms with Crippen molar-refractivity contribution in [2.75, 3.05) is 4.90 Å². The van der Waals surface area contributed by atoms with Gasteiger partial charge in [0.1, 0.15) is 6.33 Å². The lowest BCUT2D eigenvalue weighted by Gasteiger charge is -2.27. The maximum Gasteiger partial charge on any atom is 0.252 e. The third-order valence-electron chi connectivity index (χ3n) is 3.62. The van der Waals surface area contributed by atoms with Gasteiger partial charge in [0.15, 0.2) is 17.2 Å². The van der Waals surface area contributed by atoms with E-state index in [1.807, 2.05) is 19.2 Å². The highest BCUT2D eigenvalue weighted by atomic mass is 16.4. The lowest BCUT2D eigenvalue weighted by atomic mass is 10.2. The van der Waals surface area contributed by atoms with Crippen molar-refractivity contribution in [3.63, 3.8) is 0 Å². The number of nitrogens with zero attached hydrogens (tertiary/aromatic N) is 5. The van der Waals surface area contributed by atoms with E-state index >= 15 is 0 Å². The molecule has 0 N–H and O–H groups in total. The van der Waals surface area contributed by atoms with Gasteiger partial charge in [0.25, 0.3) is 5.71 Å². The van der Waals surface area contributed by atoms with Crippen LogP contribution in [0.3, 0.4) is 0 Å². The summed E-state index contributed by atoms with van der Waals surface area (Å²) in [7, 11) is 0. The first kappa shape index (κ1) is 14.4. The topological polar surface area (TPSA) is 67.9 Å². The van der Waals surface area contributed by atoms with Gasteiger partial charge in [-0.05, 0) is 32.4 Å². The zero-order valence-electron chi connectivity index (χ0n) is 13.2. The van der Waals surface area contributed by atoms with Crippen molar-refractivity contribution < 1.29 is 4.42 Å². The van der Waals surface area contributed by atoms with Crippen LogP contribution >= 0.6 is 0 Å². The first-order chi connectivity index (χ1) is 10.6. The minimum Gasteiger partial charge on any atom is -0.422 e. The van der Waals surface area contributed by atoms with E-state index < -0.39 is 0 Å². The lowest BCUT2D eigenvalue weighted by Crippen LogP contribution is -2.32. The fourth-order valence-electron chi connectivity index (χ4n) is 2.40. The van der Waals surface area contributed by atoms with Crippen LogP contribution in [0.4, 0.5) is 5.82 Å². The van der Waals surface area contributed by atoms with Crippen molar-refractivity contribution in [1.29, 1.82) is 0 Å². The van der Waals surface area contributed by atoms with Crippen LogP contribution in [0.25, 0.3) is 11.2 Å². The van der Waals surface area contributed by atoms with Crippen molar-refractivity contribution in [3.8, 4) is 0 Å². The van der Waals surface area contributed by atoms with Gasteiger partial charge < -0.3 is 9.32 Å². The molecule has 0 atom stereocenters. The van der Waals surface area contributed by atoms with Crippen LogP contribution < -0.4 is 4.90 Å². The molecule has 22 heavy (non-hydrogen) atoms. The summed E-state index contributed by atoms with van der Waals surface area (Å²) in [6.45, 7) is 8.80. The maximum absolute atomic E-state index is 5.51. The number of hydrogen-bond donors (Lipinski definition) is 0. The monoisotopic (exact) mass is 297 g/mol. The Morgan fingerprint density at radius 2 is 2.00 bits per heavy atom. The molecule has 0 amide bonds. The number of anilines is 1. The summed E-state index contributed by atoms with van der Waals surface area (Å²) in [6.07, 6.45) is 3.33. The molecule has 3 heterocycles. The number of pyridine rings is 1. The minimum absolute atomic E-state index is 0.247. The largest absolute Gasteiger partial charge is 0.422 e. The zero-order valence-corrected chi connectivity index (χ0v) is 13.2. The lowest BCUT2D eigenvalue weighted by molar-refractivity contribution is 0.551. The summed E-state index contributed by atoms with van der Waals surface area (Å²) >= 11 is 0. The summed E-state index contributed by atoms with van der Waals surface area (Å²) in [5, 5.41) is 0. The molecule has 0 bridgehead atoms. The Labute approximate surface area is 129 Å². The number of oxazole rings is 1. The fourth-order valence-corrected chi connectivity index (χ4v) is 2.40. The molecule has 0 aliphatic rings. The van der Waals surface area contributed by atoms with Gasteiger partial charge in [0.05, 0.1) is 12.2 Å². The third kappa shape index (κ3) is 2.64. The molecule has 0 radical (unpaired) electrons. The van der Waals surface area contributed by atoms with Crippen LogP contribution in [0.15, 0.2) is 29.1 Å². The van der Waals surface area contributed by atoms with Gasteiger partial charge in [-0.2, -0.15) is 4.98 Å². The highest BCUT2D eigenvalue weighted by molar-refractivity contribution is 5.81. The molecule has 0 fully saturated rings. The zero-order chi connectivity index (χ0) is 15.7. The minimum atomic E-state index is 0.247. The van der Waals surface area contributed by atoms with Gasteiger partial charge in [-0.1, -0.05) is 6.07 Å². The van der Waals surface area contributed by atoms with E-state index in [4.69, 9.17) is 4.42 Å². The van der Waals surface area contributed by atoms with Crippen molar-refractivity contribution >= 4 is 17.0 Å². The predicted octanol–water partition coefficient (Wildman–Crippen LogP) is 3.04. The second kappa shape index (κ2) is 5.71. The average molecular weight is 297 g/mol. The van der Waals surface area contributed by atoms with Crippen LogP contribution in [0.1, 0.15) is 31.0 Å². The molecule has 114 valence electrons. The molecule has 0 spiro atoms. The summed E-state index contributed by atoms with van der Waals surface area (Å²) in [5.41, 5.74) is 3.41. The molecule has 0 saturated carbocycles. The SMILES string of the molecule is Cc1nc2c(N(Cc3ncccc3C)C(C)C)ncnc2o1. The Bertz CT molecular complexity index is 796. The molecule has 3 aromatic rings. The smallest absolute Gasteiger partial charge is 0.252 e. The van der Waals surface area contributed by atoms with Gasteiger partial charge in [0, 0.05) is 19.2 Å². The van der Waals surface area contributed by atoms with E-state index in [0.717, 1.165) is 17.1 Å². The van der Waals surface area contributed by atoms with E-state index in [9.17, 15) is 0 Å². The quantitative estimate of drug-likeness (QED) is 0.737. The summed E-state index contributed by atoms with van der Waals surface area (Å²) in [4.78, 5) is 19.7. The summed E-state index contributed by atoms with van der Waals surface area (Å²) in [6, 6.07) is 4.26. The normalized spacial score (nSPS) is 11.3. The third-order valence-corrected chi connectivity index (χ3v) is 3.62. The van der Waals surface area contributed by atoms with Crippen molar-refractivity contribution in [1.82, 2.24) is 19.9 Å². The molecular formula is C16H19N5O. The summed E-state index contributed by atoms with van der Waals surface area (Å²) < 4.78 is 5.51. The van der Waals surface area contributed by atoms with Crippen LogP contribution in [0, 0.1) is 13.8 Å². The number of aromatic nitrogens is 4. The second-order valence-corrected chi connectivity index (χ2v) is 5.57. The van der Waals surface area contributed by atoms with E-state index in [1.54, 1.807) is 0 Å². The molecule has 3 aromatic heterocycles. The Hall–Kier alpha value is -2.50. The Kier molecular flexibility index (Phi) is 3.75. The van der Waals surface area contributed by atoms with E-state index in [2.05, 4.69) is 51.7 Å². The first-order valence-electron chi connectivity index (χ1n) is 7.31. The number of hydrogen-bond acceptors (Lipinski definition) is 6. The van der Waals surface area contributed by atoms with Crippen molar-refractivity contribution in [2.45, 2.75) is 40.3 Å². The second-order valence-electron chi connectivity index (χ2n) is 5.57. The van der Waals surface area contributed by atoms with E-state index in [0.29, 0.717) is 23.7 Å². The Morgan fingerprint density at radius 1 is 1.18 bits per heavy atom. The summed E-state index contributed by atoms with van der Waals surface area (Å²) in [5.74, 6) is 1.37. The molecule has 6 heteroatoms. The number of fused-ring (bicyclic) bond motifs is 1. The van der Waals surface area contributed by atoms with E-state index in [1.165, 1.54) is 6.33 Å². The van der Waals surface area contributed by atoms with Gasteiger partial charge in [-0.3, -0.25) is 4.98 Å². The maximum atomic E-state index is 5.51. The van der Waals surface area contributed by atoms with Crippen LogP contribution in [0.2, 0.25) is 0 Å². The molecule has 6 nitrogen and oxygen atoms in total. The standard InChI is InChI=1S/C16H19N5O/c1-10(2)21(8-13-11(3)6-5-7-17-13)15-14-16(19-9-18-15)22-12(4)20-14/h5-7,9-10H,8H2,1-4H3. The van der Waals surface area contributed by atoms with Crippen molar-refractivity contribution in [3.05, 3.63) is 41.8 Å². The predicted molar refractivity (Wildman–Crippen MR) is 84.6 cm³/mol. The van der Waals surface area contributed by atoms with Crippen molar-refractivity contribution in [2.24, 2.45) is 0 Å². The van der Waals surface area contributed by atoms with Gasteiger partial charge in [-0.15, -0.1) is 0 Å². The van der Waals surface area contributed by atoms with Gasteiger partial charge in [-0.25, -0.2) is 9.97 Å². The van der Waals surface area contributed by atoms with Gasteiger partial charge >= 0.3 is 0 Å². The van der Waals surface area contributed by atoms with Crippen LogP contribution in [-0.4, -0.2) is 26.0 Å². The molecule has 3 rings (SSSR count). The molecular weight excluding hydrogens is 278 g/mol. The van der Waals surface area contributed by atoms with Crippen LogP contribution in [-0.2, 0) is 6.54 Å². The fraction of sp³-hybridized carbons (Fsp3) is 0.375.